The largest absolute Gasteiger partial charge is 0.397 e. The van der Waals surface area contributed by atoms with E-state index in [1.54, 1.807) is 0 Å². The molecule has 2 rings (SSSR count). The van der Waals surface area contributed by atoms with Crippen molar-refractivity contribution < 1.29 is 17.6 Å². The molecule has 0 spiro atoms. The molecule has 0 aliphatic heterocycles. The molecule has 3 N–H and O–H groups in total. The fraction of sp³-hybridized carbons (Fsp3) is 0.273. The molecule has 0 aliphatic carbocycles. The molecule has 1 atom stereocenters. The van der Waals surface area contributed by atoms with Crippen LogP contribution in [0, 0.1) is 5.82 Å². The van der Waals surface area contributed by atoms with E-state index in [1.807, 2.05) is 0 Å². The van der Waals surface area contributed by atoms with E-state index in [4.69, 9.17) is 5.73 Å². The van der Waals surface area contributed by atoms with Crippen LogP contribution in [-0.2, 0) is 0 Å². The van der Waals surface area contributed by atoms with Gasteiger partial charge in [0.1, 0.15) is 5.82 Å². The maximum atomic E-state index is 12.9. The first-order chi connectivity index (χ1) is 7.93. The van der Waals surface area contributed by atoms with E-state index < -0.39 is 24.5 Å². The molecule has 0 radical (unpaired) electrons. The van der Waals surface area contributed by atoms with E-state index in [0.29, 0.717) is 10.9 Å². The average Bonchev–Trinajstić information content (AvgIpc) is 2.60. The summed E-state index contributed by atoms with van der Waals surface area (Å²) >= 11 is 0. The van der Waals surface area contributed by atoms with E-state index >= 15 is 0 Å². The molecule has 2 aromatic rings. The third kappa shape index (κ3) is 2.12. The summed E-state index contributed by atoms with van der Waals surface area (Å²) in [6.07, 6.45) is -3.17. The number of H-pyrrole nitrogens is 1. The SMILES string of the molecule is NCC(c1c[nH]c2cc(F)ccc12)C(F)(F)F. The third-order valence-electron chi connectivity index (χ3n) is 2.68. The second-order valence-electron chi connectivity index (χ2n) is 3.76. The summed E-state index contributed by atoms with van der Waals surface area (Å²) in [6, 6.07) is 3.61. The normalized spacial score (nSPS) is 14.2. The standard InChI is InChI=1S/C11H10F4N2/c12-6-1-2-7-8(5-17-10(7)3-6)9(4-16)11(13,14)15/h1-3,5,9,17H,4,16H2. The van der Waals surface area contributed by atoms with Gasteiger partial charge in [-0.3, -0.25) is 0 Å². The summed E-state index contributed by atoms with van der Waals surface area (Å²) in [6.45, 7) is -0.534. The van der Waals surface area contributed by atoms with Gasteiger partial charge in [0.05, 0.1) is 5.92 Å². The molecule has 1 aromatic carbocycles. The maximum absolute atomic E-state index is 12.9. The fourth-order valence-electron chi connectivity index (χ4n) is 1.85. The topological polar surface area (TPSA) is 41.8 Å². The minimum Gasteiger partial charge on any atom is -0.361 e. The van der Waals surface area contributed by atoms with Gasteiger partial charge in [-0.2, -0.15) is 13.2 Å². The lowest BCUT2D eigenvalue weighted by molar-refractivity contribution is -0.147. The first-order valence-electron chi connectivity index (χ1n) is 4.97. The van der Waals surface area contributed by atoms with Crippen molar-refractivity contribution in [2.75, 3.05) is 6.54 Å². The molecule has 0 bridgehead atoms. The van der Waals surface area contributed by atoms with Crippen molar-refractivity contribution in [3.63, 3.8) is 0 Å². The summed E-state index contributed by atoms with van der Waals surface area (Å²) < 4.78 is 51.1. The van der Waals surface area contributed by atoms with Crippen molar-refractivity contribution in [2.24, 2.45) is 5.73 Å². The zero-order valence-corrected chi connectivity index (χ0v) is 8.68. The molecule has 17 heavy (non-hydrogen) atoms. The molecule has 92 valence electrons. The lowest BCUT2D eigenvalue weighted by atomic mass is 9.98. The highest BCUT2D eigenvalue weighted by molar-refractivity contribution is 5.83. The van der Waals surface area contributed by atoms with E-state index in [0.717, 1.165) is 12.1 Å². The number of benzene rings is 1. The summed E-state index contributed by atoms with van der Waals surface area (Å²) in [5.74, 6) is -2.23. The average molecular weight is 246 g/mol. The molecule has 0 saturated heterocycles. The maximum Gasteiger partial charge on any atom is 0.397 e. The highest BCUT2D eigenvalue weighted by Crippen LogP contribution is 2.37. The number of alkyl halides is 3. The molecular weight excluding hydrogens is 236 g/mol. The Morgan fingerprint density at radius 2 is 2.00 bits per heavy atom. The number of nitrogens with two attached hydrogens (primary N) is 1. The second kappa shape index (κ2) is 4.03. The lowest BCUT2D eigenvalue weighted by Gasteiger charge is -2.17. The number of hydrogen-bond acceptors (Lipinski definition) is 1. The van der Waals surface area contributed by atoms with Crippen LogP contribution in [-0.4, -0.2) is 17.7 Å². The van der Waals surface area contributed by atoms with Crippen LogP contribution >= 0.6 is 0 Å². The van der Waals surface area contributed by atoms with Crippen molar-refractivity contribution in [3.8, 4) is 0 Å². The molecular formula is C11H10F4N2. The van der Waals surface area contributed by atoms with Crippen molar-refractivity contribution in [3.05, 3.63) is 35.8 Å². The van der Waals surface area contributed by atoms with Gasteiger partial charge in [-0.25, -0.2) is 4.39 Å². The molecule has 0 aliphatic rings. The fourth-order valence-corrected chi connectivity index (χ4v) is 1.85. The van der Waals surface area contributed by atoms with Crippen LogP contribution in [0.4, 0.5) is 17.6 Å². The quantitative estimate of drug-likeness (QED) is 0.786. The predicted molar refractivity (Wildman–Crippen MR) is 56.1 cm³/mol. The number of rotatable bonds is 2. The van der Waals surface area contributed by atoms with Crippen molar-refractivity contribution in [1.82, 2.24) is 4.98 Å². The van der Waals surface area contributed by atoms with Gasteiger partial charge in [0.25, 0.3) is 0 Å². The van der Waals surface area contributed by atoms with E-state index in [9.17, 15) is 17.6 Å². The van der Waals surface area contributed by atoms with Gasteiger partial charge < -0.3 is 10.7 Å². The van der Waals surface area contributed by atoms with E-state index in [-0.39, 0.29) is 5.56 Å². The number of halogens is 4. The Labute approximate surface area is 94.4 Å². The minimum absolute atomic E-state index is 0.0509. The Morgan fingerprint density at radius 1 is 1.29 bits per heavy atom. The summed E-state index contributed by atoms with van der Waals surface area (Å²) in [7, 11) is 0. The number of nitrogens with one attached hydrogen (secondary N) is 1. The number of aromatic amines is 1. The highest BCUT2D eigenvalue weighted by atomic mass is 19.4. The Balaban J connectivity index is 2.55. The van der Waals surface area contributed by atoms with Gasteiger partial charge in [0.2, 0.25) is 0 Å². The number of fused-ring (bicyclic) bond motifs is 1. The smallest absolute Gasteiger partial charge is 0.361 e. The first kappa shape index (κ1) is 11.9. The highest BCUT2D eigenvalue weighted by Gasteiger charge is 2.40. The van der Waals surface area contributed by atoms with Crippen molar-refractivity contribution in [1.29, 1.82) is 0 Å². The van der Waals surface area contributed by atoms with E-state index in [1.165, 1.54) is 12.3 Å². The van der Waals surface area contributed by atoms with Gasteiger partial charge in [-0.05, 0) is 23.8 Å². The summed E-state index contributed by atoms with van der Waals surface area (Å²) in [4.78, 5) is 2.62. The summed E-state index contributed by atoms with van der Waals surface area (Å²) in [5, 5.41) is 0.346. The molecule has 1 unspecified atom stereocenters. The zero-order chi connectivity index (χ0) is 12.6. The Hall–Kier alpha value is -1.56. The van der Waals surface area contributed by atoms with Crippen molar-refractivity contribution in [2.45, 2.75) is 12.1 Å². The third-order valence-corrected chi connectivity index (χ3v) is 2.68. The van der Waals surface area contributed by atoms with Gasteiger partial charge in [-0.15, -0.1) is 0 Å². The second-order valence-corrected chi connectivity index (χ2v) is 3.76. The Morgan fingerprint density at radius 3 is 2.59 bits per heavy atom. The predicted octanol–water partition coefficient (Wildman–Crippen LogP) is 2.91. The minimum atomic E-state index is -4.40. The van der Waals surface area contributed by atoms with Crippen LogP contribution in [0.25, 0.3) is 10.9 Å². The first-order valence-corrected chi connectivity index (χ1v) is 4.97. The van der Waals surface area contributed by atoms with Gasteiger partial charge >= 0.3 is 6.18 Å². The number of aromatic nitrogens is 1. The Kier molecular flexibility index (Phi) is 2.82. The van der Waals surface area contributed by atoms with Crippen LogP contribution in [0.5, 0.6) is 0 Å². The van der Waals surface area contributed by atoms with Gasteiger partial charge in [0, 0.05) is 23.6 Å². The van der Waals surface area contributed by atoms with Crippen LogP contribution < -0.4 is 5.73 Å². The van der Waals surface area contributed by atoms with E-state index in [2.05, 4.69) is 4.98 Å². The molecule has 0 amide bonds. The van der Waals surface area contributed by atoms with Crippen molar-refractivity contribution >= 4 is 10.9 Å². The van der Waals surface area contributed by atoms with Gasteiger partial charge in [-0.1, -0.05) is 0 Å². The van der Waals surface area contributed by atoms with Crippen LogP contribution in [0.1, 0.15) is 11.5 Å². The number of hydrogen-bond donors (Lipinski definition) is 2. The molecule has 6 heteroatoms. The van der Waals surface area contributed by atoms with Crippen LogP contribution in [0.15, 0.2) is 24.4 Å². The molecule has 0 saturated carbocycles. The van der Waals surface area contributed by atoms with Crippen LogP contribution in [0.2, 0.25) is 0 Å². The zero-order valence-electron chi connectivity index (χ0n) is 8.68. The monoisotopic (exact) mass is 246 g/mol. The van der Waals surface area contributed by atoms with Gasteiger partial charge in [0.15, 0.2) is 0 Å². The summed E-state index contributed by atoms with van der Waals surface area (Å²) in [5.41, 5.74) is 5.55. The Bertz CT molecular complexity index is 530. The lowest BCUT2D eigenvalue weighted by Crippen LogP contribution is -2.27. The molecule has 1 aromatic heterocycles. The molecule has 0 fully saturated rings. The molecule has 1 heterocycles. The van der Waals surface area contributed by atoms with Crippen LogP contribution in [0.3, 0.4) is 0 Å². The molecule has 2 nitrogen and oxygen atoms in total.